The van der Waals surface area contributed by atoms with E-state index in [2.05, 4.69) is 0 Å². The van der Waals surface area contributed by atoms with E-state index in [4.69, 9.17) is 0 Å². The Morgan fingerprint density at radius 2 is 2.12 bits per heavy atom. The fourth-order valence-corrected chi connectivity index (χ4v) is 2.35. The van der Waals surface area contributed by atoms with E-state index in [-0.39, 0.29) is 18.3 Å². The predicted octanol–water partition coefficient (Wildman–Crippen LogP) is 1.82. The molecular weight excluding hydrogens is 204 g/mol. The van der Waals surface area contributed by atoms with Gasteiger partial charge in [-0.05, 0) is 43.8 Å². The first-order valence-electron chi connectivity index (χ1n) is 5.81. The number of hydrogen-bond acceptors (Lipinski definition) is 3. The Bertz CT molecular complexity index is 315. The lowest BCUT2D eigenvalue weighted by Gasteiger charge is -2.41. The summed E-state index contributed by atoms with van der Waals surface area (Å²) in [5, 5.41) is 19.9. The van der Waals surface area contributed by atoms with Gasteiger partial charge in [0.2, 0.25) is 0 Å². The lowest BCUT2D eigenvalue weighted by molar-refractivity contribution is -0.120. The normalized spacial score (nSPS) is 28.1. The number of allylic oxidation sites excluding steroid dienone is 1. The molecule has 1 aliphatic carbocycles. The molecule has 16 heavy (non-hydrogen) atoms. The van der Waals surface area contributed by atoms with Crippen molar-refractivity contribution in [1.29, 1.82) is 0 Å². The van der Waals surface area contributed by atoms with Crippen molar-refractivity contribution < 1.29 is 15.0 Å². The third-order valence-corrected chi connectivity index (χ3v) is 3.77. The number of carbonyl (C=O) groups excluding carboxylic acids is 1. The van der Waals surface area contributed by atoms with Gasteiger partial charge in [0, 0.05) is 6.42 Å². The minimum atomic E-state index is -1.04. The molecule has 3 nitrogen and oxygen atoms in total. The minimum absolute atomic E-state index is 0.00915. The molecule has 2 atom stereocenters. The highest BCUT2D eigenvalue weighted by Crippen LogP contribution is 2.45. The Hall–Kier alpha value is -0.670. The largest absolute Gasteiger partial charge is 0.393 e. The highest BCUT2D eigenvalue weighted by atomic mass is 16.3. The zero-order chi connectivity index (χ0) is 12.6. The second-order valence-electron chi connectivity index (χ2n) is 5.60. The molecule has 0 amide bonds. The highest BCUT2D eigenvalue weighted by Gasteiger charge is 2.48. The lowest BCUT2D eigenvalue weighted by Crippen LogP contribution is -2.44. The summed E-state index contributed by atoms with van der Waals surface area (Å²) in [6, 6.07) is 0. The first kappa shape index (κ1) is 13.4. The van der Waals surface area contributed by atoms with Crippen LogP contribution in [0.25, 0.3) is 0 Å². The maximum absolute atomic E-state index is 11.4. The van der Waals surface area contributed by atoms with E-state index in [1.54, 1.807) is 13.8 Å². The van der Waals surface area contributed by atoms with Crippen molar-refractivity contribution in [3.05, 3.63) is 11.6 Å². The average Bonchev–Trinajstić information content (AvgIpc) is 2.39. The minimum Gasteiger partial charge on any atom is -0.393 e. The summed E-state index contributed by atoms with van der Waals surface area (Å²) in [7, 11) is 0. The predicted molar refractivity (Wildman–Crippen MR) is 63.0 cm³/mol. The first-order valence-corrected chi connectivity index (χ1v) is 5.81. The molecule has 92 valence electrons. The van der Waals surface area contributed by atoms with Gasteiger partial charge in [-0.1, -0.05) is 13.8 Å². The van der Waals surface area contributed by atoms with Gasteiger partial charge in [0.05, 0.1) is 11.7 Å². The Morgan fingerprint density at radius 3 is 2.50 bits per heavy atom. The monoisotopic (exact) mass is 226 g/mol. The number of carbonyl (C=O) groups is 1. The van der Waals surface area contributed by atoms with Crippen LogP contribution in [0.2, 0.25) is 0 Å². The van der Waals surface area contributed by atoms with Crippen molar-refractivity contribution in [2.24, 2.45) is 5.41 Å². The molecule has 0 fully saturated rings. The van der Waals surface area contributed by atoms with Gasteiger partial charge < -0.3 is 10.2 Å². The van der Waals surface area contributed by atoms with Crippen LogP contribution in [0.4, 0.5) is 0 Å². The number of aliphatic hydroxyl groups excluding tert-OH is 1. The Balaban J connectivity index is 2.82. The number of ketones is 1. The summed E-state index contributed by atoms with van der Waals surface area (Å²) in [5.74, 6) is -0.00915. The van der Waals surface area contributed by atoms with Crippen molar-refractivity contribution in [2.45, 2.75) is 58.7 Å². The van der Waals surface area contributed by atoms with Crippen LogP contribution in [0.3, 0.4) is 0 Å². The third kappa shape index (κ3) is 2.36. The molecule has 0 aromatic heterocycles. The van der Waals surface area contributed by atoms with Gasteiger partial charge in [0.1, 0.15) is 0 Å². The molecule has 0 radical (unpaired) electrons. The molecule has 0 aromatic rings. The molecule has 0 unspecified atom stereocenters. The van der Waals surface area contributed by atoms with Crippen LogP contribution in [0, 0.1) is 5.41 Å². The van der Waals surface area contributed by atoms with Crippen LogP contribution in [-0.2, 0) is 4.79 Å². The molecule has 2 N–H and O–H groups in total. The maximum atomic E-state index is 11.4. The summed E-state index contributed by atoms with van der Waals surface area (Å²) >= 11 is 0. The molecule has 1 rings (SSSR count). The zero-order valence-corrected chi connectivity index (χ0v) is 10.6. The molecular formula is C13H22O3. The summed E-state index contributed by atoms with van der Waals surface area (Å²) < 4.78 is 0. The van der Waals surface area contributed by atoms with Gasteiger partial charge in [-0.2, -0.15) is 0 Å². The smallest absolute Gasteiger partial charge is 0.158 e. The molecule has 0 saturated carbocycles. The van der Waals surface area contributed by atoms with Crippen LogP contribution >= 0.6 is 0 Å². The molecule has 0 heterocycles. The van der Waals surface area contributed by atoms with E-state index in [9.17, 15) is 15.0 Å². The summed E-state index contributed by atoms with van der Waals surface area (Å²) in [5.41, 5.74) is -0.691. The van der Waals surface area contributed by atoms with E-state index in [1.165, 1.54) is 6.08 Å². The number of hydrogen-bond donors (Lipinski definition) is 2. The van der Waals surface area contributed by atoms with E-state index < -0.39 is 11.0 Å². The molecule has 0 aromatic carbocycles. The fourth-order valence-electron chi connectivity index (χ4n) is 2.35. The van der Waals surface area contributed by atoms with Crippen molar-refractivity contribution in [2.75, 3.05) is 0 Å². The highest BCUT2D eigenvalue weighted by molar-refractivity contribution is 5.95. The van der Waals surface area contributed by atoms with Crippen LogP contribution in [0.1, 0.15) is 47.0 Å². The first-order chi connectivity index (χ1) is 7.19. The van der Waals surface area contributed by atoms with E-state index in [1.807, 2.05) is 13.8 Å². The molecule has 3 heteroatoms. The van der Waals surface area contributed by atoms with Crippen LogP contribution < -0.4 is 0 Å². The van der Waals surface area contributed by atoms with Gasteiger partial charge >= 0.3 is 0 Å². The van der Waals surface area contributed by atoms with Crippen LogP contribution in [0.5, 0.6) is 0 Å². The molecule has 1 aliphatic rings. The average molecular weight is 226 g/mol. The van der Waals surface area contributed by atoms with Gasteiger partial charge in [-0.25, -0.2) is 0 Å². The second-order valence-corrected chi connectivity index (χ2v) is 5.60. The molecule has 0 spiro atoms. The van der Waals surface area contributed by atoms with E-state index in [0.29, 0.717) is 12.8 Å². The van der Waals surface area contributed by atoms with Crippen molar-refractivity contribution >= 4 is 5.78 Å². The van der Waals surface area contributed by atoms with Crippen LogP contribution in [-0.4, -0.2) is 27.7 Å². The maximum Gasteiger partial charge on any atom is 0.158 e. The van der Waals surface area contributed by atoms with E-state index >= 15 is 0 Å². The van der Waals surface area contributed by atoms with Gasteiger partial charge in [0.15, 0.2) is 5.78 Å². The Labute approximate surface area is 97.2 Å². The summed E-state index contributed by atoms with van der Waals surface area (Å²) in [4.78, 5) is 11.4. The Morgan fingerprint density at radius 1 is 1.56 bits per heavy atom. The lowest BCUT2D eigenvalue weighted by atomic mass is 9.68. The quantitative estimate of drug-likeness (QED) is 0.768. The molecule has 0 bridgehead atoms. The zero-order valence-electron chi connectivity index (χ0n) is 10.6. The van der Waals surface area contributed by atoms with Gasteiger partial charge in [0.25, 0.3) is 0 Å². The van der Waals surface area contributed by atoms with Gasteiger partial charge in [-0.15, -0.1) is 0 Å². The van der Waals surface area contributed by atoms with Crippen molar-refractivity contribution in [1.82, 2.24) is 0 Å². The summed E-state index contributed by atoms with van der Waals surface area (Å²) in [6.07, 6.45) is 2.66. The van der Waals surface area contributed by atoms with Crippen molar-refractivity contribution in [3.8, 4) is 0 Å². The third-order valence-electron chi connectivity index (χ3n) is 3.77. The van der Waals surface area contributed by atoms with Crippen molar-refractivity contribution in [3.63, 3.8) is 0 Å². The topological polar surface area (TPSA) is 57.5 Å². The molecule has 0 saturated heterocycles. The molecule has 0 aliphatic heterocycles. The SMILES string of the molecule is CC1=CC(=O)C[C@@]1(O)C(C)(C)CC[C@H](C)O. The van der Waals surface area contributed by atoms with E-state index in [0.717, 1.165) is 5.57 Å². The second kappa shape index (κ2) is 4.30. The number of rotatable bonds is 4. The Kier molecular flexibility index (Phi) is 3.60. The standard InChI is InChI=1S/C13H22O3/c1-9-7-11(15)8-13(9,16)12(3,4)6-5-10(2)14/h7,10,14,16H,5-6,8H2,1-4H3/t10-,13-/m0/s1. The van der Waals surface area contributed by atoms with Gasteiger partial charge in [-0.3, -0.25) is 4.79 Å². The fraction of sp³-hybridized carbons (Fsp3) is 0.769. The summed E-state index contributed by atoms with van der Waals surface area (Å²) in [6.45, 7) is 7.44. The number of aliphatic hydroxyl groups is 2. The van der Waals surface area contributed by atoms with Crippen LogP contribution in [0.15, 0.2) is 11.6 Å².